The molecule has 1 unspecified atom stereocenters. The molecule has 0 radical (unpaired) electrons. The molecule has 2 fully saturated rings. The van der Waals surface area contributed by atoms with Gasteiger partial charge in [0.15, 0.2) is 0 Å². The zero-order valence-corrected chi connectivity index (χ0v) is 16.3. The molecule has 6 heteroatoms. The van der Waals surface area contributed by atoms with Crippen LogP contribution in [0.2, 0.25) is 0 Å². The number of anilines is 1. The molecule has 2 saturated heterocycles. The minimum absolute atomic E-state index is 0.0733. The van der Waals surface area contributed by atoms with E-state index in [1.165, 1.54) is 12.5 Å². The highest BCUT2D eigenvalue weighted by molar-refractivity contribution is 5.94. The summed E-state index contributed by atoms with van der Waals surface area (Å²) in [5.41, 5.74) is 1.03. The van der Waals surface area contributed by atoms with E-state index >= 15 is 0 Å². The second-order valence-corrected chi connectivity index (χ2v) is 7.84. The van der Waals surface area contributed by atoms with Gasteiger partial charge in [0, 0.05) is 19.0 Å². The topological polar surface area (TPSA) is 52.7 Å². The number of amides is 2. The highest BCUT2D eigenvalue weighted by Crippen LogP contribution is 2.24. The van der Waals surface area contributed by atoms with E-state index in [1.54, 1.807) is 12.1 Å². The van der Waals surface area contributed by atoms with Crippen molar-refractivity contribution in [2.75, 3.05) is 31.5 Å². The van der Waals surface area contributed by atoms with E-state index in [9.17, 15) is 14.0 Å². The average Bonchev–Trinajstić information content (AvgIpc) is 2.69. The number of rotatable bonds is 4. The van der Waals surface area contributed by atoms with Crippen LogP contribution in [0.1, 0.15) is 44.6 Å². The molecular weight excluding hydrogens is 345 g/mol. The van der Waals surface area contributed by atoms with Crippen molar-refractivity contribution in [2.24, 2.45) is 5.92 Å². The van der Waals surface area contributed by atoms with Crippen molar-refractivity contribution in [3.05, 3.63) is 29.6 Å². The molecule has 148 valence electrons. The van der Waals surface area contributed by atoms with Crippen LogP contribution >= 0.6 is 0 Å². The highest BCUT2D eigenvalue weighted by Gasteiger charge is 2.32. The van der Waals surface area contributed by atoms with Crippen LogP contribution in [0.3, 0.4) is 0 Å². The van der Waals surface area contributed by atoms with Crippen molar-refractivity contribution >= 4 is 17.5 Å². The first kappa shape index (κ1) is 19.8. The number of nitrogens with zero attached hydrogens (tertiary/aromatic N) is 2. The standard InChI is InChI=1S/C21H30FN3O2/c1-15-6-7-19(18(22)14-15)23-20(26)16(2)24-12-8-17(9-13-24)21(27)25-10-4-3-5-11-25/h6-7,14,16-17H,3-5,8-13H2,1-2H3,(H,23,26). The van der Waals surface area contributed by atoms with Gasteiger partial charge in [-0.3, -0.25) is 14.5 Å². The number of hydrogen-bond acceptors (Lipinski definition) is 3. The van der Waals surface area contributed by atoms with Crippen LogP contribution in [0.25, 0.3) is 0 Å². The van der Waals surface area contributed by atoms with Crippen LogP contribution < -0.4 is 5.32 Å². The summed E-state index contributed by atoms with van der Waals surface area (Å²) in [6.45, 7) is 6.87. The van der Waals surface area contributed by atoms with Crippen LogP contribution in [0.5, 0.6) is 0 Å². The summed E-state index contributed by atoms with van der Waals surface area (Å²) in [7, 11) is 0. The minimum Gasteiger partial charge on any atom is -0.342 e. The molecule has 0 bridgehead atoms. The average molecular weight is 375 g/mol. The number of carbonyl (C=O) groups excluding carboxylic acids is 2. The number of aryl methyl sites for hydroxylation is 1. The monoisotopic (exact) mass is 375 g/mol. The zero-order valence-electron chi connectivity index (χ0n) is 16.3. The Labute approximate surface area is 160 Å². The summed E-state index contributed by atoms with van der Waals surface area (Å²) in [6.07, 6.45) is 5.00. The number of halogens is 1. The van der Waals surface area contributed by atoms with Crippen molar-refractivity contribution in [3.63, 3.8) is 0 Å². The van der Waals surface area contributed by atoms with Gasteiger partial charge in [-0.25, -0.2) is 4.39 Å². The molecule has 0 saturated carbocycles. The highest BCUT2D eigenvalue weighted by atomic mass is 19.1. The maximum atomic E-state index is 14.0. The van der Waals surface area contributed by atoms with Crippen molar-refractivity contribution in [3.8, 4) is 0 Å². The van der Waals surface area contributed by atoms with Crippen LogP contribution in [0.15, 0.2) is 18.2 Å². The van der Waals surface area contributed by atoms with E-state index in [4.69, 9.17) is 0 Å². The normalized spacial score (nSPS) is 20.3. The Kier molecular flexibility index (Phi) is 6.47. The lowest BCUT2D eigenvalue weighted by Crippen LogP contribution is -2.49. The van der Waals surface area contributed by atoms with E-state index in [0.29, 0.717) is 0 Å². The number of nitrogens with one attached hydrogen (secondary N) is 1. The zero-order chi connectivity index (χ0) is 19.4. The second-order valence-electron chi connectivity index (χ2n) is 7.84. The Morgan fingerprint density at radius 1 is 1.11 bits per heavy atom. The van der Waals surface area contributed by atoms with E-state index in [0.717, 1.165) is 57.4 Å². The molecule has 27 heavy (non-hydrogen) atoms. The third kappa shape index (κ3) is 4.86. The molecule has 0 aromatic heterocycles. The largest absolute Gasteiger partial charge is 0.342 e. The van der Waals surface area contributed by atoms with Gasteiger partial charge < -0.3 is 10.2 Å². The molecule has 1 atom stereocenters. The molecule has 2 aliphatic heterocycles. The Hall–Kier alpha value is -1.95. The fraction of sp³-hybridized carbons (Fsp3) is 0.619. The van der Waals surface area contributed by atoms with Gasteiger partial charge in [-0.15, -0.1) is 0 Å². The summed E-state index contributed by atoms with van der Waals surface area (Å²) in [4.78, 5) is 29.3. The lowest BCUT2D eigenvalue weighted by molar-refractivity contribution is -0.138. The fourth-order valence-electron chi connectivity index (χ4n) is 4.03. The third-order valence-electron chi connectivity index (χ3n) is 5.86. The van der Waals surface area contributed by atoms with E-state index in [2.05, 4.69) is 10.2 Å². The van der Waals surface area contributed by atoms with Crippen molar-refractivity contribution < 1.29 is 14.0 Å². The van der Waals surface area contributed by atoms with Crippen LogP contribution in [-0.2, 0) is 9.59 Å². The molecule has 1 aromatic rings. The maximum Gasteiger partial charge on any atom is 0.241 e. The van der Waals surface area contributed by atoms with Gasteiger partial charge in [-0.1, -0.05) is 6.07 Å². The smallest absolute Gasteiger partial charge is 0.241 e. The summed E-state index contributed by atoms with van der Waals surface area (Å²) >= 11 is 0. The molecule has 5 nitrogen and oxygen atoms in total. The first-order valence-corrected chi connectivity index (χ1v) is 10.1. The number of hydrogen-bond donors (Lipinski definition) is 1. The SMILES string of the molecule is Cc1ccc(NC(=O)C(C)N2CCC(C(=O)N3CCCCC3)CC2)c(F)c1. The molecular formula is C21H30FN3O2. The first-order valence-electron chi connectivity index (χ1n) is 10.1. The van der Waals surface area contributed by atoms with Crippen molar-refractivity contribution in [1.29, 1.82) is 0 Å². The Balaban J connectivity index is 1.50. The minimum atomic E-state index is -0.415. The van der Waals surface area contributed by atoms with Gasteiger partial charge >= 0.3 is 0 Å². The molecule has 1 aromatic carbocycles. The van der Waals surface area contributed by atoms with Crippen LogP contribution in [0, 0.1) is 18.7 Å². The van der Waals surface area contributed by atoms with Crippen molar-refractivity contribution in [2.45, 2.75) is 52.0 Å². The Morgan fingerprint density at radius 2 is 1.78 bits per heavy atom. The second kappa shape index (κ2) is 8.83. The quantitative estimate of drug-likeness (QED) is 0.879. The van der Waals surface area contributed by atoms with Gasteiger partial charge in [0.05, 0.1) is 11.7 Å². The summed E-state index contributed by atoms with van der Waals surface area (Å²) in [6, 6.07) is 4.44. The maximum absolute atomic E-state index is 14.0. The predicted molar refractivity (Wildman–Crippen MR) is 104 cm³/mol. The molecule has 2 aliphatic rings. The van der Waals surface area contributed by atoms with E-state index in [1.807, 2.05) is 18.7 Å². The van der Waals surface area contributed by atoms with Gasteiger partial charge in [-0.05, 0) is 76.7 Å². The fourth-order valence-corrected chi connectivity index (χ4v) is 4.03. The lowest BCUT2D eigenvalue weighted by atomic mass is 9.93. The number of carbonyl (C=O) groups is 2. The van der Waals surface area contributed by atoms with Gasteiger partial charge in [0.1, 0.15) is 5.82 Å². The van der Waals surface area contributed by atoms with E-state index < -0.39 is 5.82 Å². The molecule has 0 aliphatic carbocycles. The number of piperidine rings is 2. The van der Waals surface area contributed by atoms with E-state index in [-0.39, 0.29) is 29.5 Å². The summed E-state index contributed by atoms with van der Waals surface area (Å²) < 4.78 is 14.0. The van der Waals surface area contributed by atoms with Gasteiger partial charge in [-0.2, -0.15) is 0 Å². The summed E-state index contributed by atoms with van der Waals surface area (Å²) in [5, 5.41) is 2.69. The number of benzene rings is 1. The first-order chi connectivity index (χ1) is 13.0. The van der Waals surface area contributed by atoms with Crippen LogP contribution in [-0.4, -0.2) is 53.8 Å². The van der Waals surface area contributed by atoms with Gasteiger partial charge in [0.2, 0.25) is 11.8 Å². The Bertz CT molecular complexity index is 680. The third-order valence-corrected chi connectivity index (χ3v) is 5.86. The van der Waals surface area contributed by atoms with Gasteiger partial charge in [0.25, 0.3) is 0 Å². The van der Waals surface area contributed by atoms with Crippen LogP contribution in [0.4, 0.5) is 10.1 Å². The lowest BCUT2D eigenvalue weighted by Gasteiger charge is -2.37. The molecule has 2 amide bonds. The predicted octanol–water partition coefficient (Wildman–Crippen LogP) is 3.19. The molecule has 2 heterocycles. The Morgan fingerprint density at radius 3 is 2.41 bits per heavy atom. The molecule has 3 rings (SSSR count). The number of likely N-dealkylation sites (tertiary alicyclic amines) is 2. The molecule has 0 spiro atoms. The van der Waals surface area contributed by atoms with Crippen molar-refractivity contribution in [1.82, 2.24) is 9.80 Å². The summed E-state index contributed by atoms with van der Waals surface area (Å²) in [5.74, 6) is -0.266. The molecule has 1 N–H and O–H groups in total.